The van der Waals surface area contributed by atoms with Crippen molar-refractivity contribution in [1.82, 2.24) is 0 Å². The fraction of sp³-hybridized carbons (Fsp3) is 0.609. The standard InChI is InChI=1S/C23H24N2O2/c1-27-18-5-3-2-4-17(18)19-20(23(19,12-24)13-25)21(26)22-9-14-6-15(10-22)8-16(7-14)11-22/h2-5,14-16,19-20H,6-11H2,1H3/t14?,15?,16?,19-,20-,22?/m0/s1. The Bertz CT molecular complexity index is 841. The van der Waals surface area contributed by atoms with Crippen LogP contribution in [0.5, 0.6) is 5.75 Å². The molecule has 5 saturated carbocycles. The molecule has 1 aromatic rings. The molecule has 5 fully saturated rings. The number of nitriles is 2. The van der Waals surface area contributed by atoms with E-state index in [0.29, 0.717) is 23.5 Å². The molecule has 4 bridgehead atoms. The van der Waals surface area contributed by atoms with E-state index in [9.17, 15) is 15.3 Å². The van der Waals surface area contributed by atoms with E-state index in [2.05, 4.69) is 12.1 Å². The molecule has 0 radical (unpaired) electrons. The minimum atomic E-state index is -1.24. The molecule has 0 unspecified atom stereocenters. The summed E-state index contributed by atoms with van der Waals surface area (Å²) in [4.78, 5) is 13.8. The number of ether oxygens (including phenoxy) is 1. The molecule has 0 aromatic heterocycles. The molecule has 1 aromatic carbocycles. The van der Waals surface area contributed by atoms with Gasteiger partial charge in [-0.05, 0) is 62.3 Å². The van der Waals surface area contributed by atoms with Gasteiger partial charge in [-0.25, -0.2) is 0 Å². The van der Waals surface area contributed by atoms with Crippen LogP contribution in [0.25, 0.3) is 0 Å². The molecule has 5 aliphatic carbocycles. The molecule has 4 nitrogen and oxygen atoms in total. The van der Waals surface area contributed by atoms with Crippen LogP contribution in [0.2, 0.25) is 0 Å². The Morgan fingerprint density at radius 3 is 2.11 bits per heavy atom. The smallest absolute Gasteiger partial charge is 0.161 e. The van der Waals surface area contributed by atoms with Gasteiger partial charge in [-0.2, -0.15) is 10.5 Å². The van der Waals surface area contributed by atoms with Crippen molar-refractivity contribution in [3.8, 4) is 17.9 Å². The van der Waals surface area contributed by atoms with E-state index in [4.69, 9.17) is 4.74 Å². The van der Waals surface area contributed by atoms with Crippen molar-refractivity contribution in [2.24, 2.45) is 34.5 Å². The highest BCUT2D eigenvalue weighted by atomic mass is 16.5. The van der Waals surface area contributed by atoms with Gasteiger partial charge in [0.05, 0.1) is 25.2 Å². The Hall–Kier alpha value is -2.33. The molecule has 0 saturated heterocycles. The summed E-state index contributed by atoms with van der Waals surface area (Å²) in [6.07, 6.45) is 6.73. The van der Waals surface area contributed by atoms with E-state index in [0.717, 1.165) is 24.8 Å². The first-order valence-corrected chi connectivity index (χ1v) is 10.1. The number of Topliss-reactive ketones (excluding diaryl/α,β-unsaturated/α-hetero) is 1. The summed E-state index contributed by atoms with van der Waals surface area (Å²) in [6, 6.07) is 12.0. The van der Waals surface area contributed by atoms with Crippen LogP contribution >= 0.6 is 0 Å². The van der Waals surface area contributed by atoms with Gasteiger partial charge < -0.3 is 4.74 Å². The van der Waals surface area contributed by atoms with Gasteiger partial charge >= 0.3 is 0 Å². The second-order valence-electron chi connectivity index (χ2n) is 9.35. The minimum Gasteiger partial charge on any atom is -0.496 e. The van der Waals surface area contributed by atoms with Crippen molar-refractivity contribution in [2.45, 2.75) is 44.4 Å². The van der Waals surface area contributed by atoms with Crippen LogP contribution in [0.3, 0.4) is 0 Å². The fourth-order valence-electron chi connectivity index (χ4n) is 7.14. The van der Waals surface area contributed by atoms with Gasteiger partial charge in [0.15, 0.2) is 5.41 Å². The third-order valence-electron chi connectivity index (χ3n) is 7.89. The predicted octanol–water partition coefficient (Wildman–Crippen LogP) is 4.23. The zero-order chi connectivity index (χ0) is 18.8. The van der Waals surface area contributed by atoms with Crippen molar-refractivity contribution < 1.29 is 9.53 Å². The summed E-state index contributed by atoms with van der Waals surface area (Å²) in [5, 5.41) is 19.8. The normalized spacial score (nSPS) is 40.0. The number of methoxy groups -OCH3 is 1. The van der Waals surface area contributed by atoms with Crippen LogP contribution < -0.4 is 4.74 Å². The van der Waals surface area contributed by atoms with Gasteiger partial charge in [0.1, 0.15) is 11.5 Å². The Kier molecular flexibility index (Phi) is 3.48. The van der Waals surface area contributed by atoms with Gasteiger partial charge in [-0.1, -0.05) is 18.2 Å². The van der Waals surface area contributed by atoms with E-state index in [1.165, 1.54) is 19.3 Å². The molecule has 0 amide bonds. The molecule has 6 rings (SSSR count). The Balaban J connectivity index is 1.53. The maximum absolute atomic E-state index is 13.8. The quantitative estimate of drug-likeness (QED) is 0.805. The van der Waals surface area contributed by atoms with Gasteiger partial charge in [0, 0.05) is 16.9 Å². The maximum Gasteiger partial charge on any atom is 0.161 e. The average Bonchev–Trinajstić information content (AvgIpc) is 3.35. The van der Waals surface area contributed by atoms with Crippen molar-refractivity contribution in [1.29, 1.82) is 10.5 Å². The first kappa shape index (κ1) is 16.8. The topological polar surface area (TPSA) is 73.9 Å². The maximum atomic E-state index is 13.8. The van der Waals surface area contributed by atoms with Gasteiger partial charge in [-0.15, -0.1) is 0 Å². The van der Waals surface area contributed by atoms with Gasteiger partial charge in [-0.3, -0.25) is 4.79 Å². The third kappa shape index (κ3) is 2.16. The lowest BCUT2D eigenvalue weighted by Crippen LogP contribution is -2.50. The van der Waals surface area contributed by atoms with E-state index < -0.39 is 11.3 Å². The van der Waals surface area contributed by atoms with Crippen LogP contribution in [0.15, 0.2) is 24.3 Å². The van der Waals surface area contributed by atoms with Crippen LogP contribution in [0, 0.1) is 57.2 Å². The number of ketones is 1. The van der Waals surface area contributed by atoms with Crippen molar-refractivity contribution in [3.05, 3.63) is 29.8 Å². The highest BCUT2D eigenvalue weighted by Crippen LogP contribution is 2.70. The molecule has 0 heterocycles. The van der Waals surface area contributed by atoms with E-state index >= 15 is 0 Å². The third-order valence-corrected chi connectivity index (χ3v) is 7.89. The zero-order valence-electron chi connectivity index (χ0n) is 15.6. The second-order valence-corrected chi connectivity index (χ2v) is 9.35. The number of carbonyl (C=O) groups is 1. The van der Waals surface area contributed by atoms with E-state index in [1.54, 1.807) is 7.11 Å². The lowest BCUT2D eigenvalue weighted by Gasteiger charge is -2.56. The zero-order valence-corrected chi connectivity index (χ0v) is 15.6. The van der Waals surface area contributed by atoms with Crippen LogP contribution in [0.1, 0.15) is 50.0 Å². The number of hydrogen-bond donors (Lipinski definition) is 0. The number of carbonyl (C=O) groups excluding carboxylic acids is 1. The Morgan fingerprint density at radius 1 is 1.04 bits per heavy atom. The van der Waals surface area contributed by atoms with Crippen LogP contribution in [-0.4, -0.2) is 12.9 Å². The molecular formula is C23H24N2O2. The SMILES string of the molecule is COc1ccccc1[C@H]1[C@@H](C(=O)C23CC4CC(CC(C4)C2)C3)C1(C#N)C#N. The van der Waals surface area contributed by atoms with Crippen LogP contribution in [-0.2, 0) is 4.79 Å². The fourth-order valence-corrected chi connectivity index (χ4v) is 7.14. The highest BCUT2D eigenvalue weighted by molar-refractivity contribution is 5.94. The molecular weight excluding hydrogens is 336 g/mol. The van der Waals surface area contributed by atoms with Crippen LogP contribution in [0.4, 0.5) is 0 Å². The van der Waals surface area contributed by atoms with Crippen molar-refractivity contribution in [3.63, 3.8) is 0 Å². The molecule has 2 atom stereocenters. The van der Waals surface area contributed by atoms with Crippen molar-refractivity contribution >= 4 is 5.78 Å². The van der Waals surface area contributed by atoms with Gasteiger partial charge in [0.25, 0.3) is 0 Å². The lowest BCUT2D eigenvalue weighted by atomic mass is 9.48. The summed E-state index contributed by atoms with van der Waals surface area (Å²) < 4.78 is 5.48. The van der Waals surface area contributed by atoms with Crippen molar-refractivity contribution in [2.75, 3.05) is 7.11 Å². The number of rotatable bonds is 4. The predicted molar refractivity (Wildman–Crippen MR) is 98.5 cm³/mol. The molecule has 138 valence electrons. The monoisotopic (exact) mass is 360 g/mol. The number of hydrogen-bond acceptors (Lipinski definition) is 4. The number of nitrogens with zero attached hydrogens (tertiary/aromatic N) is 2. The molecule has 0 N–H and O–H groups in total. The summed E-state index contributed by atoms with van der Waals surface area (Å²) in [5.41, 5.74) is -0.698. The highest BCUT2D eigenvalue weighted by Gasteiger charge is 2.74. The minimum absolute atomic E-state index is 0.195. The summed E-state index contributed by atoms with van der Waals surface area (Å²) in [6.45, 7) is 0. The Morgan fingerprint density at radius 2 is 1.59 bits per heavy atom. The lowest BCUT2D eigenvalue weighted by molar-refractivity contribution is -0.145. The molecule has 0 aliphatic heterocycles. The van der Waals surface area contributed by atoms with Gasteiger partial charge in [0.2, 0.25) is 0 Å². The summed E-state index contributed by atoms with van der Waals surface area (Å²) in [7, 11) is 1.59. The average molecular weight is 360 g/mol. The molecule has 27 heavy (non-hydrogen) atoms. The molecule has 4 heteroatoms. The Labute approximate surface area is 160 Å². The molecule has 5 aliphatic rings. The first-order chi connectivity index (χ1) is 13.1. The molecule has 0 spiro atoms. The largest absolute Gasteiger partial charge is 0.496 e. The summed E-state index contributed by atoms with van der Waals surface area (Å²) in [5.74, 6) is 1.98. The second kappa shape index (κ2) is 5.59. The first-order valence-electron chi connectivity index (χ1n) is 10.1. The summed E-state index contributed by atoms with van der Waals surface area (Å²) >= 11 is 0. The van der Waals surface area contributed by atoms with E-state index in [-0.39, 0.29) is 17.1 Å². The number of benzene rings is 1. The number of para-hydroxylation sites is 1. The van der Waals surface area contributed by atoms with E-state index in [1.807, 2.05) is 24.3 Å².